The van der Waals surface area contributed by atoms with Crippen molar-refractivity contribution in [1.29, 1.82) is 0 Å². The van der Waals surface area contributed by atoms with Gasteiger partial charge in [-0.3, -0.25) is 9.78 Å². The van der Waals surface area contributed by atoms with Gasteiger partial charge in [0, 0.05) is 17.2 Å². The summed E-state index contributed by atoms with van der Waals surface area (Å²) in [6.45, 7) is 2.64. The summed E-state index contributed by atoms with van der Waals surface area (Å²) in [6, 6.07) is 8.85. The number of para-hydroxylation sites is 1. The highest BCUT2D eigenvalue weighted by Gasteiger charge is 2.30. The summed E-state index contributed by atoms with van der Waals surface area (Å²) in [5.41, 5.74) is -3.33. The third-order valence-corrected chi connectivity index (χ3v) is 3.86. The molecule has 0 aliphatic rings. The van der Waals surface area contributed by atoms with Gasteiger partial charge in [0.05, 0.1) is 11.2 Å². The minimum Gasteiger partial charge on any atom is -0.320 e. The van der Waals surface area contributed by atoms with E-state index in [4.69, 9.17) is 0 Å². The fourth-order valence-electron chi connectivity index (χ4n) is 1.83. The van der Waals surface area contributed by atoms with Crippen LogP contribution in [0.15, 0.2) is 47.0 Å². The van der Waals surface area contributed by atoms with Crippen molar-refractivity contribution in [3.63, 3.8) is 0 Å². The largest absolute Gasteiger partial charge is 0.446 e. The molecule has 1 N–H and O–H groups in total. The van der Waals surface area contributed by atoms with Crippen molar-refractivity contribution in [1.82, 2.24) is 4.98 Å². The number of allylic oxidation sites excluding steroid dienone is 1. The van der Waals surface area contributed by atoms with E-state index >= 15 is 0 Å². The summed E-state index contributed by atoms with van der Waals surface area (Å²) in [5, 5.41) is 3.45. The molecule has 7 heteroatoms. The molecule has 0 unspecified atom stereocenters. The summed E-state index contributed by atoms with van der Waals surface area (Å²) >= 11 is -0.289. The quantitative estimate of drug-likeness (QED) is 0.830. The van der Waals surface area contributed by atoms with Gasteiger partial charge in [0.1, 0.15) is 0 Å². The average Bonchev–Trinajstić information content (AvgIpc) is 2.45. The predicted molar refractivity (Wildman–Crippen MR) is 82.4 cm³/mol. The number of alkyl halides is 3. The van der Waals surface area contributed by atoms with Crippen LogP contribution >= 0.6 is 11.8 Å². The lowest BCUT2D eigenvalue weighted by Crippen LogP contribution is -2.14. The number of nitrogens with zero attached hydrogens (tertiary/aromatic N) is 1. The first-order valence-electron chi connectivity index (χ1n) is 6.36. The van der Waals surface area contributed by atoms with E-state index in [1.165, 1.54) is 13.8 Å². The second kappa shape index (κ2) is 6.39. The Balaban J connectivity index is 2.26. The van der Waals surface area contributed by atoms with Crippen LogP contribution in [0.25, 0.3) is 10.9 Å². The van der Waals surface area contributed by atoms with Gasteiger partial charge >= 0.3 is 5.51 Å². The second-order valence-corrected chi connectivity index (χ2v) is 5.84. The van der Waals surface area contributed by atoms with Crippen molar-refractivity contribution in [3.8, 4) is 0 Å². The Morgan fingerprint density at radius 2 is 1.86 bits per heavy atom. The molecular weight excluding hydrogens is 313 g/mol. The van der Waals surface area contributed by atoms with Crippen molar-refractivity contribution >= 4 is 34.3 Å². The Kier molecular flexibility index (Phi) is 4.75. The van der Waals surface area contributed by atoms with Crippen LogP contribution in [0.1, 0.15) is 13.8 Å². The minimum absolute atomic E-state index is 0.0234. The molecule has 0 radical (unpaired) electrons. The van der Waals surface area contributed by atoms with Crippen molar-refractivity contribution < 1.29 is 18.0 Å². The number of rotatable bonds is 3. The zero-order valence-electron chi connectivity index (χ0n) is 11.9. The maximum absolute atomic E-state index is 12.4. The number of halogens is 3. The zero-order chi connectivity index (χ0) is 16.3. The lowest BCUT2D eigenvalue weighted by molar-refractivity contribution is -0.112. The molecule has 0 atom stereocenters. The van der Waals surface area contributed by atoms with Crippen LogP contribution in [0.2, 0.25) is 0 Å². The van der Waals surface area contributed by atoms with Crippen LogP contribution in [0.5, 0.6) is 0 Å². The number of fused-ring (bicyclic) bond motifs is 1. The number of amides is 1. The van der Waals surface area contributed by atoms with Gasteiger partial charge in [0.15, 0.2) is 0 Å². The van der Waals surface area contributed by atoms with Gasteiger partial charge in [-0.15, -0.1) is 0 Å². The van der Waals surface area contributed by atoms with Gasteiger partial charge in [-0.1, -0.05) is 18.2 Å². The molecule has 1 heterocycles. The predicted octanol–water partition coefficient (Wildman–Crippen LogP) is 4.72. The number of anilines is 1. The normalized spacial score (nSPS) is 13.0. The second-order valence-electron chi connectivity index (χ2n) is 4.56. The molecule has 0 saturated heterocycles. The molecule has 2 aromatic rings. The first-order chi connectivity index (χ1) is 10.3. The number of carbonyl (C=O) groups excluding carboxylic acids is 1. The van der Waals surface area contributed by atoms with E-state index in [1.807, 2.05) is 12.1 Å². The number of thioether (sulfide) groups is 1. The van der Waals surface area contributed by atoms with E-state index < -0.39 is 11.4 Å². The lowest BCUT2D eigenvalue weighted by Gasteiger charge is -2.11. The van der Waals surface area contributed by atoms with Crippen molar-refractivity contribution in [3.05, 3.63) is 47.0 Å². The van der Waals surface area contributed by atoms with Crippen LogP contribution in [-0.4, -0.2) is 16.4 Å². The number of benzene rings is 1. The molecule has 0 bridgehead atoms. The summed E-state index contributed by atoms with van der Waals surface area (Å²) in [4.78, 5) is 16.2. The monoisotopic (exact) mass is 326 g/mol. The molecule has 0 aliphatic carbocycles. The molecular formula is C15H13F3N2OS. The Morgan fingerprint density at radius 1 is 1.18 bits per heavy atom. The van der Waals surface area contributed by atoms with E-state index in [1.54, 1.807) is 24.4 Å². The molecule has 0 fully saturated rings. The molecule has 0 saturated carbocycles. The van der Waals surface area contributed by atoms with Crippen LogP contribution in [0.3, 0.4) is 0 Å². The average molecular weight is 326 g/mol. The Bertz CT molecular complexity index is 736. The number of aromatic nitrogens is 1. The Hall–Kier alpha value is -2.02. The van der Waals surface area contributed by atoms with E-state index in [2.05, 4.69) is 10.3 Å². The van der Waals surface area contributed by atoms with Gasteiger partial charge in [-0.2, -0.15) is 13.2 Å². The minimum atomic E-state index is -4.41. The van der Waals surface area contributed by atoms with Gasteiger partial charge in [-0.05, 0) is 42.6 Å². The number of hydrogen-bond donors (Lipinski definition) is 1. The first-order valence-corrected chi connectivity index (χ1v) is 7.18. The Labute approximate surface area is 129 Å². The third-order valence-electron chi connectivity index (χ3n) is 3.02. The van der Waals surface area contributed by atoms with Gasteiger partial charge in [0.25, 0.3) is 5.91 Å². The van der Waals surface area contributed by atoms with Crippen molar-refractivity contribution in [2.75, 3.05) is 5.32 Å². The van der Waals surface area contributed by atoms with Crippen LogP contribution in [0.4, 0.5) is 18.9 Å². The molecule has 1 aromatic heterocycles. The highest BCUT2D eigenvalue weighted by atomic mass is 32.2. The van der Waals surface area contributed by atoms with E-state index in [0.717, 1.165) is 5.39 Å². The molecule has 0 spiro atoms. The highest BCUT2D eigenvalue weighted by Crippen LogP contribution is 2.37. The van der Waals surface area contributed by atoms with Gasteiger partial charge in [0.2, 0.25) is 0 Å². The summed E-state index contributed by atoms with van der Waals surface area (Å²) < 4.78 is 37.1. The number of nitrogens with one attached hydrogen (secondary N) is 1. The molecule has 1 aromatic carbocycles. The van der Waals surface area contributed by atoms with Crippen LogP contribution in [0, 0.1) is 0 Å². The number of hydrogen-bond acceptors (Lipinski definition) is 3. The molecule has 22 heavy (non-hydrogen) atoms. The fraction of sp³-hybridized carbons (Fsp3) is 0.200. The van der Waals surface area contributed by atoms with Gasteiger partial charge in [-0.25, -0.2) is 0 Å². The molecule has 2 rings (SSSR count). The molecule has 1 amide bonds. The van der Waals surface area contributed by atoms with Crippen molar-refractivity contribution in [2.45, 2.75) is 19.4 Å². The maximum Gasteiger partial charge on any atom is 0.446 e. The SMILES string of the molecule is C/C(SC(F)(F)F)=C(\C)C(=O)Nc1cccc2cccnc12. The highest BCUT2D eigenvalue weighted by molar-refractivity contribution is 8.03. The smallest absolute Gasteiger partial charge is 0.320 e. The van der Waals surface area contributed by atoms with E-state index in [9.17, 15) is 18.0 Å². The van der Waals surface area contributed by atoms with Crippen LogP contribution < -0.4 is 5.32 Å². The van der Waals surface area contributed by atoms with Gasteiger partial charge < -0.3 is 5.32 Å². The maximum atomic E-state index is 12.4. The standard InChI is InChI=1S/C15H13F3N2OS/c1-9(10(2)22-15(16,17)18)14(21)20-12-7-3-5-11-6-4-8-19-13(11)12/h3-8H,1-2H3,(H,20,21)/b10-9-. The summed E-state index contributed by atoms with van der Waals surface area (Å²) in [6.07, 6.45) is 1.59. The fourth-order valence-corrected chi connectivity index (χ4v) is 2.42. The third kappa shape index (κ3) is 4.00. The lowest BCUT2D eigenvalue weighted by atomic mass is 10.2. The van der Waals surface area contributed by atoms with E-state index in [-0.39, 0.29) is 22.2 Å². The first kappa shape index (κ1) is 16.4. The zero-order valence-corrected chi connectivity index (χ0v) is 12.7. The summed E-state index contributed by atoms with van der Waals surface area (Å²) in [7, 11) is 0. The molecule has 3 nitrogen and oxygen atoms in total. The molecule has 116 valence electrons. The van der Waals surface area contributed by atoms with Crippen LogP contribution in [-0.2, 0) is 4.79 Å². The number of carbonyl (C=O) groups is 1. The van der Waals surface area contributed by atoms with Crippen molar-refractivity contribution in [2.24, 2.45) is 0 Å². The topological polar surface area (TPSA) is 42.0 Å². The summed E-state index contributed by atoms with van der Waals surface area (Å²) in [5.74, 6) is -0.576. The number of pyridine rings is 1. The van der Waals surface area contributed by atoms with E-state index in [0.29, 0.717) is 11.2 Å². The molecule has 0 aliphatic heterocycles. The Morgan fingerprint density at radius 3 is 2.55 bits per heavy atom.